The monoisotopic (exact) mass is 273 g/mol. The topological polar surface area (TPSA) is 67.2 Å². The van der Waals surface area contributed by atoms with Crippen LogP contribution in [0.5, 0.6) is 5.75 Å². The number of phenolic OH excluding ortho intramolecular Hbond substituents is 1. The van der Waals surface area contributed by atoms with Crippen molar-refractivity contribution in [2.24, 2.45) is 0 Å². The van der Waals surface area contributed by atoms with Gasteiger partial charge in [-0.1, -0.05) is 6.07 Å². The molecule has 1 heterocycles. The van der Waals surface area contributed by atoms with Crippen molar-refractivity contribution >= 4 is 5.91 Å². The van der Waals surface area contributed by atoms with Crippen molar-refractivity contribution in [3.63, 3.8) is 0 Å². The molecule has 20 heavy (non-hydrogen) atoms. The molecule has 0 saturated carbocycles. The lowest BCUT2D eigenvalue weighted by Gasteiger charge is -2.09. The van der Waals surface area contributed by atoms with E-state index in [0.717, 1.165) is 17.0 Å². The summed E-state index contributed by atoms with van der Waals surface area (Å²) in [5.74, 6) is 1.15. The second kappa shape index (κ2) is 6.23. The number of aryl methyl sites for hydroxylation is 2. The van der Waals surface area contributed by atoms with Crippen molar-refractivity contribution in [1.29, 1.82) is 0 Å². The highest BCUT2D eigenvalue weighted by Crippen LogP contribution is 2.15. The highest BCUT2D eigenvalue weighted by Gasteiger charge is 2.06. The van der Waals surface area contributed by atoms with Crippen molar-refractivity contribution in [3.8, 4) is 5.75 Å². The molecule has 0 aliphatic heterocycles. The molecule has 106 valence electrons. The number of aromatic hydroxyl groups is 1. The van der Waals surface area contributed by atoms with Crippen LogP contribution in [0.2, 0.25) is 0 Å². The van der Waals surface area contributed by atoms with Gasteiger partial charge in [-0.3, -0.25) is 4.79 Å². The van der Waals surface area contributed by atoms with Crippen molar-refractivity contribution < 1.29 is 9.90 Å². The van der Waals surface area contributed by atoms with E-state index >= 15 is 0 Å². The second-order valence-electron chi connectivity index (χ2n) is 4.81. The van der Waals surface area contributed by atoms with Crippen LogP contribution in [0.3, 0.4) is 0 Å². The van der Waals surface area contributed by atoms with Crippen molar-refractivity contribution in [3.05, 3.63) is 47.5 Å². The Morgan fingerprint density at radius 3 is 2.85 bits per heavy atom. The molecular weight excluding hydrogens is 254 g/mol. The highest BCUT2D eigenvalue weighted by molar-refractivity contribution is 5.78. The van der Waals surface area contributed by atoms with Crippen LogP contribution < -0.4 is 5.32 Å². The normalized spacial score (nSPS) is 10.5. The quantitative estimate of drug-likeness (QED) is 0.869. The maximum Gasteiger partial charge on any atom is 0.224 e. The summed E-state index contributed by atoms with van der Waals surface area (Å²) in [7, 11) is 0. The minimum absolute atomic E-state index is 0.0171. The van der Waals surface area contributed by atoms with Gasteiger partial charge >= 0.3 is 0 Å². The third-order valence-electron chi connectivity index (χ3n) is 3.28. The minimum Gasteiger partial charge on any atom is -0.508 e. The average molecular weight is 273 g/mol. The van der Waals surface area contributed by atoms with Crippen LogP contribution in [0.25, 0.3) is 0 Å². The van der Waals surface area contributed by atoms with Gasteiger partial charge in [-0.2, -0.15) is 0 Å². The zero-order valence-corrected chi connectivity index (χ0v) is 11.8. The lowest BCUT2D eigenvalue weighted by Crippen LogP contribution is -2.28. The number of hydrogen-bond donors (Lipinski definition) is 2. The Balaban J connectivity index is 1.82. The smallest absolute Gasteiger partial charge is 0.224 e. The fourth-order valence-electron chi connectivity index (χ4n) is 2.07. The Morgan fingerprint density at radius 2 is 2.20 bits per heavy atom. The zero-order valence-electron chi connectivity index (χ0n) is 11.8. The number of nitrogens with zero attached hydrogens (tertiary/aromatic N) is 2. The lowest BCUT2D eigenvalue weighted by atomic mass is 10.1. The molecule has 0 aliphatic rings. The van der Waals surface area contributed by atoms with Crippen LogP contribution in [0.15, 0.2) is 30.6 Å². The van der Waals surface area contributed by atoms with Gasteiger partial charge in [-0.05, 0) is 37.1 Å². The summed E-state index contributed by atoms with van der Waals surface area (Å²) in [6.07, 6.45) is 3.97. The molecule has 2 rings (SSSR count). The van der Waals surface area contributed by atoms with Crippen LogP contribution in [0.4, 0.5) is 0 Å². The number of hydrogen-bond acceptors (Lipinski definition) is 3. The van der Waals surface area contributed by atoms with E-state index in [9.17, 15) is 9.90 Å². The van der Waals surface area contributed by atoms with Crippen molar-refractivity contribution in [2.45, 2.75) is 26.8 Å². The van der Waals surface area contributed by atoms with Gasteiger partial charge in [0, 0.05) is 25.5 Å². The predicted octanol–water partition coefficient (Wildman–Crippen LogP) is 1.56. The van der Waals surface area contributed by atoms with E-state index in [2.05, 4.69) is 10.3 Å². The molecular formula is C15H19N3O2. The molecule has 0 atom stereocenters. The molecule has 1 amide bonds. The maximum absolute atomic E-state index is 11.9. The van der Waals surface area contributed by atoms with Gasteiger partial charge in [0.1, 0.15) is 11.6 Å². The SMILES string of the molecule is Cc1cc(O)ccc1CC(=O)NCCn1ccnc1C. The zero-order chi connectivity index (χ0) is 14.5. The largest absolute Gasteiger partial charge is 0.508 e. The van der Waals surface area contributed by atoms with E-state index in [-0.39, 0.29) is 11.7 Å². The summed E-state index contributed by atoms with van der Waals surface area (Å²) in [6, 6.07) is 5.05. The molecule has 2 aromatic rings. The van der Waals surface area contributed by atoms with E-state index in [4.69, 9.17) is 0 Å². The molecule has 1 aromatic heterocycles. The van der Waals surface area contributed by atoms with Gasteiger partial charge < -0.3 is 15.0 Å². The maximum atomic E-state index is 11.9. The Labute approximate surface area is 118 Å². The number of nitrogens with one attached hydrogen (secondary N) is 1. The summed E-state index contributed by atoms with van der Waals surface area (Å²) < 4.78 is 1.99. The molecule has 0 radical (unpaired) electrons. The molecule has 0 fully saturated rings. The first-order chi connectivity index (χ1) is 9.56. The Hall–Kier alpha value is -2.30. The number of carbonyl (C=O) groups is 1. The minimum atomic E-state index is -0.0171. The third-order valence-corrected chi connectivity index (χ3v) is 3.28. The molecule has 0 aliphatic carbocycles. The molecule has 0 saturated heterocycles. The Bertz CT molecular complexity index is 605. The van der Waals surface area contributed by atoms with Gasteiger partial charge in [0.05, 0.1) is 6.42 Å². The first kappa shape index (κ1) is 14.1. The fourth-order valence-corrected chi connectivity index (χ4v) is 2.07. The van der Waals surface area contributed by atoms with Crippen molar-refractivity contribution in [2.75, 3.05) is 6.54 Å². The van der Waals surface area contributed by atoms with Crippen molar-refractivity contribution in [1.82, 2.24) is 14.9 Å². The molecule has 0 bridgehead atoms. The van der Waals surface area contributed by atoms with Gasteiger partial charge in [-0.15, -0.1) is 0 Å². The van der Waals surface area contributed by atoms with Crippen LogP contribution in [0, 0.1) is 13.8 Å². The molecule has 0 spiro atoms. The predicted molar refractivity (Wildman–Crippen MR) is 76.5 cm³/mol. The van der Waals surface area contributed by atoms with Gasteiger partial charge in [0.25, 0.3) is 0 Å². The highest BCUT2D eigenvalue weighted by atomic mass is 16.3. The first-order valence-corrected chi connectivity index (χ1v) is 6.59. The standard InChI is InChI=1S/C15H19N3O2/c1-11-9-14(19)4-3-13(11)10-15(20)17-6-8-18-7-5-16-12(18)2/h3-5,7,9,19H,6,8,10H2,1-2H3,(H,17,20). The third kappa shape index (κ3) is 3.60. The second-order valence-corrected chi connectivity index (χ2v) is 4.81. The fraction of sp³-hybridized carbons (Fsp3) is 0.333. The van der Waals surface area contributed by atoms with Crippen LogP contribution in [0.1, 0.15) is 17.0 Å². The molecule has 5 heteroatoms. The van der Waals surface area contributed by atoms with E-state index in [0.29, 0.717) is 19.5 Å². The van der Waals surface area contributed by atoms with E-state index in [1.165, 1.54) is 0 Å². The first-order valence-electron chi connectivity index (χ1n) is 6.59. The van der Waals surface area contributed by atoms with Crippen LogP contribution in [-0.2, 0) is 17.8 Å². The van der Waals surface area contributed by atoms with Gasteiger partial charge in [-0.25, -0.2) is 4.98 Å². The van der Waals surface area contributed by atoms with Crippen LogP contribution >= 0.6 is 0 Å². The summed E-state index contributed by atoms with van der Waals surface area (Å²) >= 11 is 0. The molecule has 5 nitrogen and oxygen atoms in total. The number of imidazole rings is 1. The van der Waals surface area contributed by atoms with Gasteiger partial charge in [0.15, 0.2) is 0 Å². The molecule has 1 aromatic carbocycles. The molecule has 0 unspecified atom stereocenters. The van der Waals surface area contributed by atoms with Crippen LogP contribution in [-0.4, -0.2) is 27.1 Å². The van der Waals surface area contributed by atoms with E-state index in [1.54, 1.807) is 24.4 Å². The van der Waals surface area contributed by atoms with E-state index in [1.807, 2.05) is 24.6 Å². The summed E-state index contributed by atoms with van der Waals surface area (Å²) in [5.41, 5.74) is 1.85. The number of phenols is 1. The number of rotatable bonds is 5. The number of amides is 1. The summed E-state index contributed by atoms with van der Waals surface area (Å²) in [4.78, 5) is 16.0. The number of aromatic nitrogens is 2. The lowest BCUT2D eigenvalue weighted by molar-refractivity contribution is -0.120. The summed E-state index contributed by atoms with van der Waals surface area (Å²) in [6.45, 7) is 5.11. The Kier molecular flexibility index (Phi) is 4.40. The number of carbonyl (C=O) groups excluding carboxylic acids is 1. The van der Waals surface area contributed by atoms with E-state index < -0.39 is 0 Å². The van der Waals surface area contributed by atoms with Gasteiger partial charge in [0.2, 0.25) is 5.91 Å². The average Bonchev–Trinajstić information content (AvgIpc) is 2.79. The number of benzene rings is 1. The Morgan fingerprint density at radius 1 is 1.40 bits per heavy atom. The molecule has 2 N–H and O–H groups in total. The summed E-state index contributed by atoms with van der Waals surface area (Å²) in [5, 5.41) is 12.2.